The summed E-state index contributed by atoms with van der Waals surface area (Å²) in [5.41, 5.74) is 1.01. The Morgan fingerprint density at radius 3 is 2.37 bits per heavy atom. The number of ether oxygens (including phenoxy) is 1. The molecule has 1 aliphatic rings. The third-order valence-corrected chi connectivity index (χ3v) is 3.50. The summed E-state index contributed by atoms with van der Waals surface area (Å²) in [6.45, 7) is 0. The standard InChI is InChI=1S/C15H20O4/c16-12-4-8-14(9-5-12)19-13-6-1-11(2-7-13)3-10-15(17)18/h1-2,6-7,12,14,16H,3-5,8-10H2,(H,17,18). The van der Waals surface area contributed by atoms with E-state index in [-0.39, 0.29) is 18.6 Å². The highest BCUT2D eigenvalue weighted by molar-refractivity contribution is 5.67. The van der Waals surface area contributed by atoms with Gasteiger partial charge in [0.25, 0.3) is 0 Å². The van der Waals surface area contributed by atoms with Gasteiger partial charge in [0, 0.05) is 6.42 Å². The second kappa shape index (κ2) is 6.57. The maximum Gasteiger partial charge on any atom is 0.303 e. The molecule has 0 unspecified atom stereocenters. The lowest BCUT2D eigenvalue weighted by Crippen LogP contribution is -2.26. The van der Waals surface area contributed by atoms with E-state index < -0.39 is 5.97 Å². The molecular weight excluding hydrogens is 244 g/mol. The minimum absolute atomic E-state index is 0.153. The average Bonchev–Trinajstić information content (AvgIpc) is 2.40. The molecule has 4 nitrogen and oxygen atoms in total. The van der Waals surface area contributed by atoms with E-state index in [0.29, 0.717) is 6.42 Å². The summed E-state index contributed by atoms with van der Waals surface area (Å²) in [4.78, 5) is 10.5. The van der Waals surface area contributed by atoms with Crippen molar-refractivity contribution in [2.75, 3.05) is 0 Å². The van der Waals surface area contributed by atoms with Crippen LogP contribution < -0.4 is 4.74 Å². The van der Waals surface area contributed by atoms with Gasteiger partial charge in [0.15, 0.2) is 0 Å². The molecule has 1 saturated carbocycles. The maximum absolute atomic E-state index is 10.5. The number of benzene rings is 1. The second-order valence-corrected chi connectivity index (χ2v) is 5.09. The van der Waals surface area contributed by atoms with Gasteiger partial charge in [-0.1, -0.05) is 12.1 Å². The van der Waals surface area contributed by atoms with Crippen molar-refractivity contribution in [1.29, 1.82) is 0 Å². The Morgan fingerprint density at radius 2 is 1.79 bits per heavy atom. The predicted octanol–water partition coefficient (Wildman–Crippen LogP) is 2.39. The lowest BCUT2D eigenvalue weighted by molar-refractivity contribution is -0.136. The largest absolute Gasteiger partial charge is 0.490 e. The van der Waals surface area contributed by atoms with E-state index in [4.69, 9.17) is 9.84 Å². The van der Waals surface area contributed by atoms with Gasteiger partial charge in [0.1, 0.15) is 5.75 Å². The Bertz CT molecular complexity index is 405. The fraction of sp³-hybridized carbons (Fsp3) is 0.533. The van der Waals surface area contributed by atoms with E-state index in [0.717, 1.165) is 37.0 Å². The minimum atomic E-state index is -0.777. The number of hydrogen-bond donors (Lipinski definition) is 2. The predicted molar refractivity (Wildman–Crippen MR) is 71.3 cm³/mol. The van der Waals surface area contributed by atoms with Gasteiger partial charge in [0.2, 0.25) is 0 Å². The van der Waals surface area contributed by atoms with E-state index in [9.17, 15) is 9.90 Å². The number of carboxylic acid groups (broad SMARTS) is 1. The van der Waals surface area contributed by atoms with Crippen molar-refractivity contribution in [3.05, 3.63) is 29.8 Å². The Labute approximate surface area is 113 Å². The molecule has 0 radical (unpaired) electrons. The van der Waals surface area contributed by atoms with Gasteiger partial charge in [-0.25, -0.2) is 0 Å². The van der Waals surface area contributed by atoms with Gasteiger partial charge in [-0.2, -0.15) is 0 Å². The van der Waals surface area contributed by atoms with Crippen molar-refractivity contribution < 1.29 is 19.7 Å². The summed E-state index contributed by atoms with van der Waals surface area (Å²) in [5, 5.41) is 18.1. The zero-order valence-corrected chi connectivity index (χ0v) is 10.9. The molecule has 0 atom stereocenters. The van der Waals surface area contributed by atoms with Gasteiger partial charge in [-0.15, -0.1) is 0 Å². The number of carboxylic acids is 1. The van der Waals surface area contributed by atoms with E-state index >= 15 is 0 Å². The lowest BCUT2D eigenvalue weighted by atomic mass is 9.95. The topological polar surface area (TPSA) is 66.8 Å². The smallest absolute Gasteiger partial charge is 0.303 e. The first-order valence-electron chi connectivity index (χ1n) is 6.79. The fourth-order valence-corrected chi connectivity index (χ4v) is 2.34. The Kier molecular flexibility index (Phi) is 4.80. The number of aliphatic hydroxyl groups excluding tert-OH is 1. The Hall–Kier alpha value is -1.55. The molecule has 4 heteroatoms. The highest BCUT2D eigenvalue weighted by atomic mass is 16.5. The van der Waals surface area contributed by atoms with Crippen LogP contribution in [0.5, 0.6) is 5.75 Å². The van der Waals surface area contributed by atoms with Gasteiger partial charge >= 0.3 is 5.97 Å². The van der Waals surface area contributed by atoms with Crippen LogP contribution in [0.1, 0.15) is 37.7 Å². The lowest BCUT2D eigenvalue weighted by Gasteiger charge is -2.26. The third kappa shape index (κ3) is 4.56. The number of aryl methyl sites for hydroxylation is 1. The monoisotopic (exact) mass is 264 g/mol. The maximum atomic E-state index is 10.5. The van der Waals surface area contributed by atoms with E-state index in [1.165, 1.54) is 0 Å². The van der Waals surface area contributed by atoms with Crippen molar-refractivity contribution in [2.24, 2.45) is 0 Å². The molecule has 2 rings (SSSR count). The normalized spacial score (nSPS) is 23.0. The van der Waals surface area contributed by atoms with E-state index in [2.05, 4.69) is 0 Å². The van der Waals surface area contributed by atoms with Crippen LogP contribution >= 0.6 is 0 Å². The van der Waals surface area contributed by atoms with Crippen LogP contribution in [0.4, 0.5) is 0 Å². The molecule has 0 aromatic heterocycles. The van der Waals surface area contributed by atoms with Gasteiger partial charge in [0.05, 0.1) is 12.2 Å². The highest BCUT2D eigenvalue weighted by Crippen LogP contribution is 2.24. The second-order valence-electron chi connectivity index (χ2n) is 5.09. The molecule has 0 amide bonds. The molecule has 19 heavy (non-hydrogen) atoms. The average molecular weight is 264 g/mol. The van der Waals surface area contributed by atoms with Crippen molar-refractivity contribution in [3.63, 3.8) is 0 Å². The van der Waals surface area contributed by atoms with Crippen LogP contribution in [0.25, 0.3) is 0 Å². The van der Waals surface area contributed by atoms with Gasteiger partial charge in [-0.05, 0) is 49.8 Å². The molecule has 0 heterocycles. The molecule has 1 aromatic rings. The van der Waals surface area contributed by atoms with E-state index in [1.807, 2.05) is 24.3 Å². The first kappa shape index (κ1) is 13.9. The summed E-state index contributed by atoms with van der Waals surface area (Å²) in [7, 11) is 0. The Balaban J connectivity index is 1.83. The van der Waals surface area contributed by atoms with Crippen LogP contribution in [0.2, 0.25) is 0 Å². The summed E-state index contributed by atoms with van der Waals surface area (Å²) in [6.07, 6.45) is 4.12. The van der Waals surface area contributed by atoms with Gasteiger partial charge in [-0.3, -0.25) is 4.79 Å². The number of hydrogen-bond acceptors (Lipinski definition) is 3. The number of carbonyl (C=O) groups is 1. The molecule has 1 aliphatic carbocycles. The number of aliphatic carboxylic acids is 1. The number of rotatable bonds is 5. The summed E-state index contributed by atoms with van der Waals surface area (Å²) in [5.74, 6) is 0.0431. The molecule has 1 aromatic carbocycles. The van der Waals surface area contributed by atoms with Crippen molar-refractivity contribution in [1.82, 2.24) is 0 Å². The van der Waals surface area contributed by atoms with Crippen LogP contribution in [0.3, 0.4) is 0 Å². The molecule has 0 bridgehead atoms. The number of aliphatic hydroxyl groups is 1. The van der Waals surface area contributed by atoms with Crippen LogP contribution in [-0.2, 0) is 11.2 Å². The van der Waals surface area contributed by atoms with Crippen molar-refractivity contribution >= 4 is 5.97 Å². The first-order valence-corrected chi connectivity index (χ1v) is 6.79. The summed E-state index contributed by atoms with van der Waals surface area (Å²) in [6, 6.07) is 7.61. The summed E-state index contributed by atoms with van der Waals surface area (Å²) < 4.78 is 5.86. The fourth-order valence-electron chi connectivity index (χ4n) is 2.34. The zero-order chi connectivity index (χ0) is 13.7. The van der Waals surface area contributed by atoms with Crippen molar-refractivity contribution in [3.8, 4) is 5.75 Å². The highest BCUT2D eigenvalue weighted by Gasteiger charge is 2.20. The molecule has 0 saturated heterocycles. The molecular formula is C15H20O4. The van der Waals surface area contributed by atoms with Gasteiger partial charge < -0.3 is 14.9 Å². The quantitative estimate of drug-likeness (QED) is 0.857. The summed E-state index contributed by atoms with van der Waals surface area (Å²) >= 11 is 0. The molecule has 0 spiro atoms. The first-order chi connectivity index (χ1) is 9.13. The third-order valence-electron chi connectivity index (χ3n) is 3.50. The minimum Gasteiger partial charge on any atom is -0.490 e. The zero-order valence-electron chi connectivity index (χ0n) is 10.9. The van der Waals surface area contributed by atoms with Crippen LogP contribution in [-0.4, -0.2) is 28.4 Å². The van der Waals surface area contributed by atoms with Crippen molar-refractivity contribution in [2.45, 2.75) is 50.7 Å². The molecule has 0 aliphatic heterocycles. The van der Waals surface area contributed by atoms with Crippen LogP contribution in [0.15, 0.2) is 24.3 Å². The molecule has 2 N–H and O–H groups in total. The van der Waals surface area contributed by atoms with E-state index in [1.54, 1.807) is 0 Å². The SMILES string of the molecule is O=C(O)CCc1ccc(OC2CCC(O)CC2)cc1. The molecule has 1 fully saturated rings. The van der Waals surface area contributed by atoms with Crippen LogP contribution in [0, 0.1) is 0 Å². The molecule has 104 valence electrons. The Morgan fingerprint density at radius 1 is 1.16 bits per heavy atom.